The molecule has 0 spiro atoms. The zero-order valence-electron chi connectivity index (χ0n) is 14.8. The molecule has 0 unspecified atom stereocenters. The summed E-state index contributed by atoms with van der Waals surface area (Å²) in [6.07, 6.45) is 1.58. The first-order chi connectivity index (χ1) is 12.5. The molecule has 1 aromatic carbocycles. The molecular formula is C20H19N3O3. The summed E-state index contributed by atoms with van der Waals surface area (Å²) in [6, 6.07) is 13.9. The molecule has 0 bridgehead atoms. The van der Waals surface area contributed by atoms with Crippen LogP contribution in [0.3, 0.4) is 0 Å². The van der Waals surface area contributed by atoms with Gasteiger partial charge >= 0.3 is 0 Å². The smallest absolute Gasteiger partial charge is 0.257 e. The number of aromatic nitrogens is 1. The van der Waals surface area contributed by atoms with Crippen molar-refractivity contribution in [1.82, 2.24) is 9.88 Å². The predicted molar refractivity (Wildman–Crippen MR) is 99.1 cm³/mol. The first kappa shape index (κ1) is 17.4. The first-order valence-corrected chi connectivity index (χ1v) is 8.11. The Hall–Kier alpha value is -3.41. The average molecular weight is 349 g/mol. The van der Waals surface area contributed by atoms with Crippen molar-refractivity contribution >= 4 is 17.5 Å². The standard InChI is InChI=1S/C20H19N3O3/c1-13-14(10-11-17(21-13)18-9-6-12-26-18)19(24)22-16-8-5-4-7-15(16)20(25)23(2)3/h4-12H,1-3H3,(H,22,24). The van der Waals surface area contributed by atoms with E-state index in [1.807, 2.05) is 6.07 Å². The van der Waals surface area contributed by atoms with Crippen LogP contribution in [0.1, 0.15) is 26.4 Å². The minimum atomic E-state index is -0.319. The molecule has 0 atom stereocenters. The summed E-state index contributed by atoms with van der Waals surface area (Å²) in [6.45, 7) is 1.76. The maximum absolute atomic E-state index is 12.7. The van der Waals surface area contributed by atoms with Gasteiger partial charge in [0.15, 0.2) is 5.76 Å². The van der Waals surface area contributed by atoms with Crippen LogP contribution in [0.5, 0.6) is 0 Å². The van der Waals surface area contributed by atoms with Crippen LogP contribution in [-0.2, 0) is 0 Å². The van der Waals surface area contributed by atoms with Crippen LogP contribution in [0.25, 0.3) is 11.5 Å². The SMILES string of the molecule is Cc1nc(-c2ccco2)ccc1C(=O)Nc1ccccc1C(=O)N(C)C. The van der Waals surface area contributed by atoms with E-state index in [2.05, 4.69) is 10.3 Å². The second-order valence-corrected chi connectivity index (χ2v) is 6.01. The van der Waals surface area contributed by atoms with Crippen LogP contribution >= 0.6 is 0 Å². The van der Waals surface area contributed by atoms with Gasteiger partial charge in [0.05, 0.1) is 28.8 Å². The number of aryl methyl sites for hydroxylation is 1. The highest BCUT2D eigenvalue weighted by Gasteiger charge is 2.17. The van der Waals surface area contributed by atoms with Gasteiger partial charge in [0.1, 0.15) is 5.69 Å². The summed E-state index contributed by atoms with van der Waals surface area (Å²) in [5.74, 6) is 0.144. The number of furan rings is 1. The fourth-order valence-corrected chi connectivity index (χ4v) is 2.57. The third-order valence-corrected chi connectivity index (χ3v) is 3.92. The van der Waals surface area contributed by atoms with Crippen molar-refractivity contribution in [3.8, 4) is 11.5 Å². The molecule has 0 aliphatic carbocycles. The van der Waals surface area contributed by atoms with E-state index in [9.17, 15) is 9.59 Å². The lowest BCUT2D eigenvalue weighted by Gasteiger charge is -2.15. The number of rotatable bonds is 4. The van der Waals surface area contributed by atoms with Crippen LogP contribution in [-0.4, -0.2) is 35.8 Å². The Morgan fingerprint density at radius 2 is 1.77 bits per heavy atom. The van der Waals surface area contributed by atoms with Crippen molar-refractivity contribution in [2.75, 3.05) is 19.4 Å². The van der Waals surface area contributed by atoms with Gasteiger partial charge in [0, 0.05) is 14.1 Å². The van der Waals surface area contributed by atoms with Gasteiger partial charge in [0.2, 0.25) is 0 Å². The largest absolute Gasteiger partial charge is 0.463 e. The molecular weight excluding hydrogens is 330 g/mol. The molecule has 0 fully saturated rings. The van der Waals surface area contributed by atoms with E-state index in [1.165, 1.54) is 4.90 Å². The summed E-state index contributed by atoms with van der Waals surface area (Å²) in [4.78, 5) is 30.9. The third kappa shape index (κ3) is 3.49. The van der Waals surface area contributed by atoms with Gasteiger partial charge in [-0.05, 0) is 43.3 Å². The van der Waals surface area contributed by atoms with E-state index >= 15 is 0 Å². The summed E-state index contributed by atoms with van der Waals surface area (Å²) in [7, 11) is 3.34. The number of nitrogens with one attached hydrogen (secondary N) is 1. The number of anilines is 1. The van der Waals surface area contributed by atoms with E-state index in [0.29, 0.717) is 34.0 Å². The summed E-state index contributed by atoms with van der Waals surface area (Å²) >= 11 is 0. The molecule has 132 valence electrons. The van der Waals surface area contributed by atoms with E-state index in [0.717, 1.165) is 0 Å². The number of carbonyl (C=O) groups excluding carboxylic acids is 2. The quantitative estimate of drug-likeness (QED) is 0.781. The van der Waals surface area contributed by atoms with Crippen molar-refractivity contribution in [3.05, 3.63) is 71.6 Å². The Kier molecular flexibility index (Phi) is 4.84. The van der Waals surface area contributed by atoms with E-state index in [-0.39, 0.29) is 11.8 Å². The minimum absolute atomic E-state index is 0.177. The highest BCUT2D eigenvalue weighted by Crippen LogP contribution is 2.21. The molecule has 0 aliphatic heterocycles. The number of carbonyl (C=O) groups is 2. The summed E-state index contributed by atoms with van der Waals surface area (Å²) in [5.41, 5.74) is 2.57. The van der Waals surface area contributed by atoms with Crippen LogP contribution in [0.4, 0.5) is 5.69 Å². The second kappa shape index (κ2) is 7.23. The van der Waals surface area contributed by atoms with Gasteiger partial charge in [0.25, 0.3) is 11.8 Å². The van der Waals surface area contributed by atoms with E-state index in [4.69, 9.17) is 4.42 Å². The Morgan fingerprint density at radius 1 is 1.00 bits per heavy atom. The zero-order valence-corrected chi connectivity index (χ0v) is 14.8. The van der Waals surface area contributed by atoms with Gasteiger partial charge < -0.3 is 14.6 Å². The Labute approximate surface area is 151 Å². The molecule has 0 saturated carbocycles. The first-order valence-electron chi connectivity index (χ1n) is 8.11. The molecule has 2 heterocycles. The highest BCUT2D eigenvalue weighted by molar-refractivity contribution is 6.09. The van der Waals surface area contributed by atoms with Gasteiger partial charge in [-0.15, -0.1) is 0 Å². The number of pyridine rings is 1. The van der Waals surface area contributed by atoms with E-state index in [1.54, 1.807) is 69.7 Å². The molecule has 0 radical (unpaired) electrons. The molecule has 6 heteroatoms. The van der Waals surface area contributed by atoms with Crippen LogP contribution < -0.4 is 5.32 Å². The van der Waals surface area contributed by atoms with Gasteiger partial charge in [-0.3, -0.25) is 9.59 Å². The average Bonchev–Trinajstić information content (AvgIpc) is 3.16. The molecule has 2 amide bonds. The topological polar surface area (TPSA) is 75.4 Å². The number of amides is 2. The summed E-state index contributed by atoms with van der Waals surface area (Å²) < 4.78 is 5.33. The monoisotopic (exact) mass is 349 g/mol. The Bertz CT molecular complexity index is 947. The number of hydrogen-bond acceptors (Lipinski definition) is 4. The fraction of sp³-hybridized carbons (Fsp3) is 0.150. The maximum atomic E-state index is 12.7. The molecule has 3 rings (SSSR count). The van der Waals surface area contributed by atoms with Crippen molar-refractivity contribution in [2.45, 2.75) is 6.92 Å². The fourth-order valence-electron chi connectivity index (χ4n) is 2.57. The Balaban J connectivity index is 1.86. The lowest BCUT2D eigenvalue weighted by Crippen LogP contribution is -2.24. The normalized spacial score (nSPS) is 10.4. The zero-order chi connectivity index (χ0) is 18.7. The van der Waals surface area contributed by atoms with Crippen LogP contribution in [0.2, 0.25) is 0 Å². The molecule has 1 N–H and O–H groups in total. The highest BCUT2D eigenvalue weighted by atomic mass is 16.3. The predicted octanol–water partition coefficient (Wildman–Crippen LogP) is 3.60. The molecule has 6 nitrogen and oxygen atoms in total. The molecule has 3 aromatic rings. The molecule has 0 aliphatic rings. The van der Waals surface area contributed by atoms with E-state index < -0.39 is 0 Å². The number of hydrogen-bond donors (Lipinski definition) is 1. The lowest BCUT2D eigenvalue weighted by atomic mass is 10.1. The lowest BCUT2D eigenvalue weighted by molar-refractivity contribution is 0.0828. The molecule has 0 saturated heterocycles. The summed E-state index contributed by atoms with van der Waals surface area (Å²) in [5, 5.41) is 2.81. The maximum Gasteiger partial charge on any atom is 0.257 e. The van der Waals surface area contributed by atoms with Gasteiger partial charge in [-0.25, -0.2) is 4.98 Å². The van der Waals surface area contributed by atoms with Crippen molar-refractivity contribution in [2.24, 2.45) is 0 Å². The third-order valence-electron chi connectivity index (χ3n) is 3.92. The van der Waals surface area contributed by atoms with Crippen molar-refractivity contribution in [1.29, 1.82) is 0 Å². The van der Waals surface area contributed by atoms with Gasteiger partial charge in [-0.2, -0.15) is 0 Å². The molecule has 26 heavy (non-hydrogen) atoms. The van der Waals surface area contributed by atoms with Crippen molar-refractivity contribution in [3.63, 3.8) is 0 Å². The van der Waals surface area contributed by atoms with Crippen molar-refractivity contribution < 1.29 is 14.0 Å². The minimum Gasteiger partial charge on any atom is -0.463 e. The van der Waals surface area contributed by atoms with Crippen LogP contribution in [0.15, 0.2) is 59.2 Å². The number of nitrogens with zero attached hydrogens (tertiary/aromatic N) is 2. The number of benzene rings is 1. The Morgan fingerprint density at radius 3 is 2.42 bits per heavy atom. The number of para-hydroxylation sites is 1. The van der Waals surface area contributed by atoms with Crippen LogP contribution in [0, 0.1) is 6.92 Å². The second-order valence-electron chi connectivity index (χ2n) is 6.01. The van der Waals surface area contributed by atoms with Gasteiger partial charge in [-0.1, -0.05) is 12.1 Å². The molecule has 2 aromatic heterocycles.